The average molecular weight is 432 g/mol. The second kappa shape index (κ2) is 10.2. The molecule has 1 fully saturated rings. The van der Waals surface area contributed by atoms with Gasteiger partial charge in [-0.1, -0.05) is 23.8 Å². The lowest BCUT2D eigenvalue weighted by Crippen LogP contribution is -2.54. The number of amides is 3. The van der Waals surface area contributed by atoms with Gasteiger partial charge in [-0.25, -0.2) is 4.79 Å². The minimum atomic E-state index is -0.749. The molecule has 0 bridgehead atoms. The Hall–Kier alpha value is -2.57. The molecule has 1 unspecified atom stereocenters. The summed E-state index contributed by atoms with van der Waals surface area (Å²) < 4.78 is 5.25. The van der Waals surface area contributed by atoms with Gasteiger partial charge in [0, 0.05) is 12.1 Å². The number of nitrogens with one attached hydrogen (secondary N) is 2. The topological polar surface area (TPSA) is 87.7 Å². The maximum atomic E-state index is 13.3. The molecule has 7 nitrogen and oxygen atoms in total. The van der Waals surface area contributed by atoms with E-state index in [1.807, 2.05) is 45.9 Å². The highest BCUT2D eigenvalue weighted by atomic mass is 16.6. The van der Waals surface area contributed by atoms with Crippen LogP contribution in [0.2, 0.25) is 0 Å². The summed E-state index contributed by atoms with van der Waals surface area (Å²) in [5, 5.41) is 5.52. The van der Waals surface area contributed by atoms with Crippen LogP contribution in [0.1, 0.15) is 76.6 Å². The lowest BCUT2D eigenvalue weighted by atomic mass is 9.87. The van der Waals surface area contributed by atoms with Crippen molar-refractivity contribution in [1.82, 2.24) is 15.5 Å². The fourth-order valence-electron chi connectivity index (χ4n) is 3.69. The largest absolute Gasteiger partial charge is 0.444 e. The van der Waals surface area contributed by atoms with Crippen molar-refractivity contribution in [3.63, 3.8) is 0 Å². The molecule has 1 saturated carbocycles. The van der Waals surface area contributed by atoms with Gasteiger partial charge in [0.2, 0.25) is 11.8 Å². The number of nitrogens with zero attached hydrogens (tertiary/aromatic N) is 1. The Balaban J connectivity index is 2.33. The molecule has 0 spiro atoms. The first-order valence-corrected chi connectivity index (χ1v) is 11.0. The van der Waals surface area contributed by atoms with Crippen molar-refractivity contribution in [3.8, 4) is 0 Å². The molecule has 0 aliphatic heterocycles. The van der Waals surface area contributed by atoms with E-state index in [2.05, 4.69) is 10.6 Å². The van der Waals surface area contributed by atoms with Crippen molar-refractivity contribution >= 4 is 17.9 Å². The Kier molecular flexibility index (Phi) is 8.09. The molecule has 0 heterocycles. The molecular formula is C24H37N3O4. The van der Waals surface area contributed by atoms with Gasteiger partial charge in [-0.3, -0.25) is 9.59 Å². The first-order chi connectivity index (χ1) is 14.4. The number of aryl methyl sites for hydroxylation is 2. The summed E-state index contributed by atoms with van der Waals surface area (Å²) in [7, 11) is 0. The SMILES string of the molecule is Cc1ccc(C(C(=O)NC(C)C)N(C(=O)CNC(=O)OC(C)(C)C)C2CCC2)c(C)c1. The third kappa shape index (κ3) is 6.97. The lowest BCUT2D eigenvalue weighted by Gasteiger charge is -2.42. The van der Waals surface area contributed by atoms with Gasteiger partial charge in [-0.15, -0.1) is 0 Å². The minimum Gasteiger partial charge on any atom is -0.444 e. The molecule has 0 saturated heterocycles. The van der Waals surface area contributed by atoms with E-state index >= 15 is 0 Å². The number of carbonyl (C=O) groups excluding carboxylic acids is 3. The number of rotatable bonds is 7. The maximum absolute atomic E-state index is 13.3. The van der Waals surface area contributed by atoms with Crippen LogP contribution < -0.4 is 10.6 Å². The van der Waals surface area contributed by atoms with Crippen molar-refractivity contribution in [2.24, 2.45) is 0 Å². The van der Waals surface area contributed by atoms with Gasteiger partial charge in [0.15, 0.2) is 0 Å². The van der Waals surface area contributed by atoms with E-state index in [0.717, 1.165) is 36.0 Å². The van der Waals surface area contributed by atoms with Crippen LogP contribution in [0.25, 0.3) is 0 Å². The second-order valence-electron chi connectivity index (χ2n) is 9.67. The Labute approximate surface area is 185 Å². The molecule has 7 heteroatoms. The molecule has 2 N–H and O–H groups in total. The van der Waals surface area contributed by atoms with Crippen LogP contribution in [-0.2, 0) is 14.3 Å². The monoisotopic (exact) mass is 431 g/mol. The van der Waals surface area contributed by atoms with Gasteiger partial charge in [-0.2, -0.15) is 0 Å². The molecule has 31 heavy (non-hydrogen) atoms. The summed E-state index contributed by atoms with van der Waals surface area (Å²) >= 11 is 0. The number of hydrogen-bond acceptors (Lipinski definition) is 4. The number of carbonyl (C=O) groups is 3. The van der Waals surface area contributed by atoms with Gasteiger partial charge >= 0.3 is 6.09 Å². The Bertz CT molecular complexity index is 810. The first kappa shape index (κ1) is 24.7. The second-order valence-corrected chi connectivity index (χ2v) is 9.67. The first-order valence-electron chi connectivity index (χ1n) is 11.0. The molecular weight excluding hydrogens is 394 g/mol. The molecule has 2 rings (SSSR count). The summed E-state index contributed by atoms with van der Waals surface area (Å²) in [6.45, 7) is 12.8. The normalized spacial score (nSPS) is 15.1. The maximum Gasteiger partial charge on any atom is 0.408 e. The van der Waals surface area contributed by atoms with Crippen LogP contribution in [0.4, 0.5) is 4.79 Å². The van der Waals surface area contributed by atoms with Gasteiger partial charge in [-0.05, 0) is 78.9 Å². The van der Waals surface area contributed by atoms with Crippen LogP contribution in [0.3, 0.4) is 0 Å². The predicted molar refractivity (Wildman–Crippen MR) is 121 cm³/mol. The average Bonchev–Trinajstić information content (AvgIpc) is 2.57. The highest BCUT2D eigenvalue weighted by Gasteiger charge is 2.39. The van der Waals surface area contributed by atoms with Gasteiger partial charge in [0.1, 0.15) is 18.2 Å². The van der Waals surface area contributed by atoms with E-state index in [0.29, 0.717) is 0 Å². The minimum absolute atomic E-state index is 0.0310. The molecule has 1 aliphatic carbocycles. The summed E-state index contributed by atoms with van der Waals surface area (Å²) in [4.78, 5) is 40.3. The van der Waals surface area contributed by atoms with Crippen LogP contribution >= 0.6 is 0 Å². The Morgan fingerprint density at radius 2 is 1.81 bits per heavy atom. The van der Waals surface area contributed by atoms with Gasteiger partial charge in [0.25, 0.3) is 0 Å². The summed E-state index contributed by atoms with van der Waals surface area (Å²) in [6, 6.07) is 5.07. The van der Waals surface area contributed by atoms with E-state index in [9.17, 15) is 14.4 Å². The third-order valence-corrected chi connectivity index (χ3v) is 5.22. The van der Waals surface area contributed by atoms with Crippen molar-refractivity contribution in [2.75, 3.05) is 6.54 Å². The van der Waals surface area contributed by atoms with Crippen LogP contribution in [-0.4, -0.2) is 47.0 Å². The Morgan fingerprint density at radius 1 is 1.16 bits per heavy atom. The van der Waals surface area contributed by atoms with E-state index in [1.54, 1.807) is 25.7 Å². The lowest BCUT2D eigenvalue weighted by molar-refractivity contribution is -0.145. The zero-order valence-electron chi connectivity index (χ0n) is 19.9. The van der Waals surface area contributed by atoms with Crippen LogP contribution in [0.15, 0.2) is 18.2 Å². The summed E-state index contributed by atoms with van der Waals surface area (Å²) in [6.07, 6.45) is 2.05. The summed E-state index contributed by atoms with van der Waals surface area (Å²) in [5.74, 6) is -0.501. The highest BCUT2D eigenvalue weighted by Crippen LogP contribution is 2.34. The standard InChI is InChI=1S/C24H37N3O4/c1-15(2)26-22(29)21(19-12-11-16(3)13-17(19)4)27(18-9-8-10-18)20(28)14-25-23(30)31-24(5,6)7/h11-13,15,18,21H,8-10,14H2,1-7H3,(H,25,30)(H,26,29). The quantitative estimate of drug-likeness (QED) is 0.688. The van der Waals surface area contributed by atoms with Crippen molar-refractivity contribution in [3.05, 3.63) is 34.9 Å². The fourth-order valence-corrected chi connectivity index (χ4v) is 3.69. The van der Waals surface area contributed by atoms with Crippen molar-refractivity contribution in [2.45, 2.75) is 91.5 Å². The van der Waals surface area contributed by atoms with Crippen LogP contribution in [0.5, 0.6) is 0 Å². The van der Waals surface area contributed by atoms with E-state index in [1.165, 1.54) is 0 Å². The molecule has 0 radical (unpaired) electrons. The van der Waals surface area contributed by atoms with E-state index in [4.69, 9.17) is 4.74 Å². The fraction of sp³-hybridized carbons (Fsp3) is 0.625. The van der Waals surface area contributed by atoms with Crippen molar-refractivity contribution < 1.29 is 19.1 Å². The predicted octanol–water partition coefficient (Wildman–Crippen LogP) is 3.77. The number of hydrogen-bond donors (Lipinski definition) is 2. The third-order valence-electron chi connectivity index (χ3n) is 5.22. The van der Waals surface area contributed by atoms with Gasteiger partial charge < -0.3 is 20.3 Å². The van der Waals surface area contributed by atoms with Crippen molar-refractivity contribution in [1.29, 1.82) is 0 Å². The zero-order valence-corrected chi connectivity index (χ0v) is 19.9. The molecule has 0 aromatic heterocycles. The highest BCUT2D eigenvalue weighted by molar-refractivity contribution is 5.91. The molecule has 172 valence electrons. The van der Waals surface area contributed by atoms with Gasteiger partial charge in [0.05, 0.1) is 0 Å². The number of ether oxygens (including phenoxy) is 1. The Morgan fingerprint density at radius 3 is 2.29 bits per heavy atom. The molecule has 1 aromatic rings. The number of alkyl carbamates (subject to hydrolysis) is 1. The molecule has 1 atom stereocenters. The molecule has 1 aromatic carbocycles. The van der Waals surface area contributed by atoms with E-state index in [-0.39, 0.29) is 30.4 Å². The molecule has 1 aliphatic rings. The smallest absolute Gasteiger partial charge is 0.408 e. The van der Waals surface area contributed by atoms with Crippen LogP contribution in [0, 0.1) is 13.8 Å². The van der Waals surface area contributed by atoms with E-state index < -0.39 is 17.7 Å². The summed E-state index contributed by atoms with van der Waals surface area (Å²) in [5.41, 5.74) is 2.21. The molecule has 3 amide bonds. The number of benzene rings is 1. The zero-order chi connectivity index (χ0) is 23.3.